The van der Waals surface area contributed by atoms with Gasteiger partial charge in [0.2, 0.25) is 11.8 Å². The number of ether oxygens (including phenoxy) is 1. The summed E-state index contributed by atoms with van der Waals surface area (Å²) < 4.78 is 10.7. The van der Waals surface area contributed by atoms with Crippen molar-refractivity contribution in [2.45, 2.75) is 12.1 Å². The van der Waals surface area contributed by atoms with E-state index in [2.05, 4.69) is 15.5 Å². The number of nitro groups is 1. The second-order valence-corrected chi connectivity index (χ2v) is 6.59. The smallest absolute Gasteiger partial charge is 0.277 e. The highest BCUT2D eigenvalue weighted by Gasteiger charge is 2.16. The summed E-state index contributed by atoms with van der Waals surface area (Å²) in [5.41, 5.74) is 1.89. The van der Waals surface area contributed by atoms with Crippen LogP contribution in [0.25, 0.3) is 11.5 Å². The summed E-state index contributed by atoms with van der Waals surface area (Å²) in [6.45, 7) is 1.94. The lowest BCUT2D eigenvalue weighted by atomic mass is 10.1. The van der Waals surface area contributed by atoms with Crippen molar-refractivity contribution in [3.63, 3.8) is 0 Å². The maximum absolute atomic E-state index is 12.2. The number of carbonyl (C=O) groups is 1. The summed E-state index contributed by atoms with van der Waals surface area (Å²) >= 11 is 1.07. The van der Waals surface area contributed by atoms with Crippen LogP contribution in [0.15, 0.2) is 52.1 Å². The molecule has 1 aromatic heterocycles. The number of rotatable bonds is 7. The fourth-order valence-corrected chi connectivity index (χ4v) is 2.97. The highest BCUT2D eigenvalue weighted by atomic mass is 32.2. The van der Waals surface area contributed by atoms with Crippen molar-refractivity contribution in [3.8, 4) is 17.2 Å². The maximum atomic E-state index is 12.2. The van der Waals surface area contributed by atoms with Crippen LogP contribution in [0, 0.1) is 17.0 Å². The molecule has 9 nitrogen and oxygen atoms in total. The summed E-state index contributed by atoms with van der Waals surface area (Å²) in [4.78, 5) is 22.6. The number of anilines is 1. The fraction of sp³-hybridized carbons (Fsp3) is 0.167. The molecule has 0 unspecified atom stereocenters. The molecular weight excluding hydrogens is 384 g/mol. The SMILES string of the molecule is COc1ccc([N+](=O)[O-])cc1NC(=O)CSc1nnc(-c2ccccc2C)o1. The van der Waals surface area contributed by atoms with E-state index in [1.807, 2.05) is 31.2 Å². The summed E-state index contributed by atoms with van der Waals surface area (Å²) in [5, 5.41) is 21.7. The van der Waals surface area contributed by atoms with Crippen molar-refractivity contribution >= 4 is 29.0 Å². The average Bonchev–Trinajstić information content (AvgIpc) is 3.15. The van der Waals surface area contributed by atoms with Crippen molar-refractivity contribution in [2.75, 3.05) is 18.2 Å². The van der Waals surface area contributed by atoms with Crippen molar-refractivity contribution in [3.05, 3.63) is 58.1 Å². The summed E-state index contributed by atoms with van der Waals surface area (Å²) in [6.07, 6.45) is 0. The number of nitro benzene ring substituents is 1. The van der Waals surface area contributed by atoms with Crippen LogP contribution in [0.3, 0.4) is 0 Å². The summed E-state index contributed by atoms with van der Waals surface area (Å²) in [5.74, 6) is 0.297. The zero-order chi connectivity index (χ0) is 20.1. The fourth-order valence-electron chi connectivity index (χ4n) is 2.41. The van der Waals surface area contributed by atoms with Crippen LogP contribution in [-0.2, 0) is 4.79 Å². The summed E-state index contributed by atoms with van der Waals surface area (Å²) in [7, 11) is 1.41. The number of methoxy groups -OCH3 is 1. The lowest BCUT2D eigenvalue weighted by Gasteiger charge is -2.09. The van der Waals surface area contributed by atoms with Gasteiger partial charge in [0.15, 0.2) is 0 Å². The van der Waals surface area contributed by atoms with Gasteiger partial charge in [0.25, 0.3) is 10.9 Å². The molecule has 0 bridgehead atoms. The van der Waals surface area contributed by atoms with Gasteiger partial charge in [-0.3, -0.25) is 14.9 Å². The standard InChI is InChI=1S/C18H16N4O5S/c1-11-5-3-4-6-13(11)17-20-21-18(27-17)28-10-16(23)19-14-9-12(22(24)25)7-8-15(14)26-2/h3-9H,10H2,1-2H3,(H,19,23). The molecule has 0 saturated heterocycles. The van der Waals surface area contributed by atoms with Gasteiger partial charge in [-0.05, 0) is 24.6 Å². The molecule has 3 rings (SSSR count). The van der Waals surface area contributed by atoms with E-state index in [4.69, 9.17) is 9.15 Å². The Morgan fingerprint density at radius 2 is 2.07 bits per heavy atom. The van der Waals surface area contributed by atoms with Crippen LogP contribution in [0.4, 0.5) is 11.4 Å². The van der Waals surface area contributed by atoms with Crippen molar-refractivity contribution < 1.29 is 18.9 Å². The van der Waals surface area contributed by atoms with Gasteiger partial charge < -0.3 is 14.5 Å². The predicted molar refractivity (Wildman–Crippen MR) is 103 cm³/mol. The highest BCUT2D eigenvalue weighted by Crippen LogP contribution is 2.30. The summed E-state index contributed by atoms with van der Waals surface area (Å²) in [6, 6.07) is 11.6. The zero-order valence-corrected chi connectivity index (χ0v) is 15.9. The largest absolute Gasteiger partial charge is 0.495 e. The number of amides is 1. The van der Waals surface area contributed by atoms with E-state index in [0.717, 1.165) is 22.9 Å². The van der Waals surface area contributed by atoms with Crippen molar-refractivity contribution in [1.82, 2.24) is 10.2 Å². The number of thioether (sulfide) groups is 1. The number of hydrogen-bond acceptors (Lipinski definition) is 8. The molecule has 0 saturated carbocycles. The Morgan fingerprint density at radius 3 is 2.79 bits per heavy atom. The minimum absolute atomic E-state index is 0.0126. The molecule has 0 aliphatic rings. The molecule has 28 heavy (non-hydrogen) atoms. The van der Waals surface area contributed by atoms with Crippen LogP contribution in [0.5, 0.6) is 5.75 Å². The van der Waals surface area contributed by atoms with E-state index < -0.39 is 4.92 Å². The third-order valence-electron chi connectivity index (χ3n) is 3.78. The third kappa shape index (κ3) is 4.46. The van der Waals surface area contributed by atoms with E-state index >= 15 is 0 Å². The highest BCUT2D eigenvalue weighted by molar-refractivity contribution is 7.99. The number of nitrogens with one attached hydrogen (secondary N) is 1. The van der Waals surface area contributed by atoms with Gasteiger partial charge in [-0.15, -0.1) is 10.2 Å². The first-order valence-corrected chi connectivity index (χ1v) is 9.11. The van der Waals surface area contributed by atoms with Crippen LogP contribution in [-0.4, -0.2) is 33.9 Å². The maximum Gasteiger partial charge on any atom is 0.277 e. The van der Waals surface area contributed by atoms with E-state index in [9.17, 15) is 14.9 Å². The molecule has 0 aliphatic carbocycles. The van der Waals surface area contributed by atoms with Crippen LogP contribution in [0.2, 0.25) is 0 Å². The van der Waals surface area contributed by atoms with Gasteiger partial charge in [0.05, 0.1) is 23.5 Å². The Bertz CT molecular complexity index is 1020. The Morgan fingerprint density at radius 1 is 1.29 bits per heavy atom. The molecule has 2 aromatic carbocycles. The van der Waals surface area contributed by atoms with Crippen LogP contribution >= 0.6 is 11.8 Å². The van der Waals surface area contributed by atoms with Crippen LogP contribution < -0.4 is 10.1 Å². The van der Waals surface area contributed by atoms with Crippen molar-refractivity contribution in [2.24, 2.45) is 0 Å². The zero-order valence-electron chi connectivity index (χ0n) is 15.0. The lowest BCUT2D eigenvalue weighted by Crippen LogP contribution is -2.14. The number of benzene rings is 2. The molecule has 0 radical (unpaired) electrons. The van der Waals surface area contributed by atoms with Gasteiger partial charge in [-0.25, -0.2) is 0 Å². The number of aromatic nitrogens is 2. The first-order valence-electron chi connectivity index (χ1n) is 8.12. The first-order chi connectivity index (χ1) is 13.5. The monoisotopic (exact) mass is 400 g/mol. The first kappa shape index (κ1) is 19.4. The second kappa shape index (κ2) is 8.53. The molecular formula is C18H16N4O5S. The van der Waals surface area contributed by atoms with Gasteiger partial charge in [-0.1, -0.05) is 30.0 Å². The van der Waals surface area contributed by atoms with E-state index in [1.165, 1.54) is 25.3 Å². The number of non-ortho nitro benzene ring substituents is 1. The lowest BCUT2D eigenvalue weighted by molar-refractivity contribution is -0.384. The quantitative estimate of drug-likeness (QED) is 0.362. The van der Waals surface area contributed by atoms with Gasteiger partial charge in [0.1, 0.15) is 5.75 Å². The Hall–Kier alpha value is -3.40. The van der Waals surface area contributed by atoms with E-state index in [0.29, 0.717) is 11.6 Å². The second-order valence-electron chi connectivity index (χ2n) is 5.67. The molecule has 10 heteroatoms. The van der Waals surface area contributed by atoms with Gasteiger partial charge in [0, 0.05) is 17.7 Å². The minimum atomic E-state index is -0.546. The normalized spacial score (nSPS) is 10.5. The number of carbonyl (C=O) groups excluding carboxylic acids is 1. The van der Waals surface area contributed by atoms with E-state index in [1.54, 1.807) is 0 Å². The van der Waals surface area contributed by atoms with Crippen LogP contribution in [0.1, 0.15) is 5.56 Å². The molecule has 144 valence electrons. The molecule has 1 amide bonds. The minimum Gasteiger partial charge on any atom is -0.495 e. The molecule has 0 atom stereocenters. The molecule has 0 fully saturated rings. The number of hydrogen-bond donors (Lipinski definition) is 1. The molecule has 3 aromatic rings. The molecule has 1 N–H and O–H groups in total. The Labute approximate surface area is 164 Å². The van der Waals surface area contributed by atoms with Gasteiger partial charge >= 0.3 is 0 Å². The Kier molecular flexibility index (Phi) is 5.90. The molecule has 1 heterocycles. The van der Waals surface area contributed by atoms with E-state index in [-0.39, 0.29) is 28.3 Å². The molecule has 0 spiro atoms. The molecule has 0 aliphatic heterocycles. The predicted octanol–water partition coefficient (Wildman–Crippen LogP) is 3.69. The number of nitrogens with zero attached hydrogens (tertiary/aromatic N) is 3. The third-order valence-corrected chi connectivity index (χ3v) is 4.60. The van der Waals surface area contributed by atoms with Crippen molar-refractivity contribution in [1.29, 1.82) is 0 Å². The topological polar surface area (TPSA) is 120 Å². The Balaban J connectivity index is 1.65. The average molecular weight is 400 g/mol. The number of aryl methyl sites for hydroxylation is 1. The van der Waals surface area contributed by atoms with Gasteiger partial charge in [-0.2, -0.15) is 0 Å².